The van der Waals surface area contributed by atoms with E-state index < -0.39 is 0 Å². The summed E-state index contributed by atoms with van der Waals surface area (Å²) in [5, 5.41) is 9.23. The molecule has 2 aromatic rings. The second-order valence-corrected chi connectivity index (χ2v) is 8.71. The molecule has 1 aliphatic heterocycles. The average molecular weight is 471 g/mol. The SMILES string of the molecule is CCCCCOc1cc(N2CC[C@H](C)N(Cc3ccc(CCO)cc3OC)C2=O)ccc1OC. The van der Waals surface area contributed by atoms with Crippen molar-refractivity contribution in [1.29, 1.82) is 0 Å². The molecule has 2 amide bonds. The molecule has 0 bridgehead atoms. The Morgan fingerprint density at radius 3 is 2.53 bits per heavy atom. The zero-order chi connectivity index (χ0) is 24.5. The van der Waals surface area contributed by atoms with Crippen molar-refractivity contribution < 1.29 is 24.1 Å². The molecule has 1 heterocycles. The van der Waals surface area contributed by atoms with Gasteiger partial charge in [0.2, 0.25) is 0 Å². The highest BCUT2D eigenvalue weighted by molar-refractivity contribution is 5.93. The smallest absolute Gasteiger partial charge is 0.325 e. The predicted octanol–water partition coefficient (Wildman–Crippen LogP) is 5.03. The van der Waals surface area contributed by atoms with Gasteiger partial charge in [-0.2, -0.15) is 0 Å². The Kier molecular flexibility index (Phi) is 9.45. The highest BCUT2D eigenvalue weighted by Crippen LogP contribution is 2.34. The summed E-state index contributed by atoms with van der Waals surface area (Å²) in [5.74, 6) is 2.06. The molecule has 2 aromatic carbocycles. The van der Waals surface area contributed by atoms with Crippen LogP contribution in [0.3, 0.4) is 0 Å². The zero-order valence-corrected chi connectivity index (χ0v) is 20.9. The zero-order valence-electron chi connectivity index (χ0n) is 20.9. The van der Waals surface area contributed by atoms with Crippen molar-refractivity contribution in [2.45, 2.75) is 58.5 Å². The van der Waals surface area contributed by atoms with E-state index in [0.717, 1.165) is 48.2 Å². The van der Waals surface area contributed by atoms with E-state index in [0.29, 0.717) is 37.6 Å². The van der Waals surface area contributed by atoms with Gasteiger partial charge < -0.3 is 24.2 Å². The first-order valence-corrected chi connectivity index (χ1v) is 12.2. The lowest BCUT2D eigenvalue weighted by atomic mass is 10.0. The summed E-state index contributed by atoms with van der Waals surface area (Å²) in [6.07, 6.45) is 4.66. The van der Waals surface area contributed by atoms with E-state index in [1.54, 1.807) is 14.2 Å². The van der Waals surface area contributed by atoms with Crippen molar-refractivity contribution in [3.8, 4) is 17.2 Å². The molecular weight excluding hydrogens is 432 g/mol. The van der Waals surface area contributed by atoms with Gasteiger partial charge in [-0.3, -0.25) is 4.90 Å². The number of aliphatic hydroxyl groups is 1. The summed E-state index contributed by atoms with van der Waals surface area (Å²) < 4.78 is 17.1. The Labute approximate surface area is 203 Å². The standard InChI is InChI=1S/C27H38N2O5/c1-5-6-7-16-34-26-18-23(10-11-24(26)32-3)28-14-12-20(2)29(27(28)31)19-22-9-8-21(13-15-30)17-25(22)33-4/h8-11,17-18,20,30H,5-7,12-16,19H2,1-4H3/t20-/m0/s1. The summed E-state index contributed by atoms with van der Waals surface area (Å²) in [6.45, 7) is 6.05. The van der Waals surface area contributed by atoms with Crippen LogP contribution in [0.15, 0.2) is 36.4 Å². The molecular formula is C27H38N2O5. The molecule has 0 saturated carbocycles. The second kappa shape index (κ2) is 12.5. The minimum Gasteiger partial charge on any atom is -0.496 e. The molecule has 1 aliphatic rings. The van der Waals surface area contributed by atoms with Crippen LogP contribution < -0.4 is 19.1 Å². The lowest BCUT2D eigenvalue weighted by Crippen LogP contribution is -2.53. The first-order chi connectivity index (χ1) is 16.5. The van der Waals surface area contributed by atoms with Crippen LogP contribution in [0.5, 0.6) is 17.2 Å². The van der Waals surface area contributed by atoms with Crippen LogP contribution in [0.2, 0.25) is 0 Å². The Hall–Kier alpha value is -2.93. The van der Waals surface area contributed by atoms with Crippen LogP contribution >= 0.6 is 0 Å². The number of urea groups is 1. The van der Waals surface area contributed by atoms with E-state index >= 15 is 0 Å². The number of anilines is 1. The third-order valence-electron chi connectivity index (χ3n) is 6.34. The molecule has 1 atom stereocenters. The number of methoxy groups -OCH3 is 2. The molecule has 186 valence electrons. The van der Waals surface area contributed by atoms with E-state index in [2.05, 4.69) is 13.8 Å². The molecule has 1 fully saturated rings. The van der Waals surface area contributed by atoms with Crippen LogP contribution in [0, 0.1) is 0 Å². The number of carbonyl (C=O) groups is 1. The highest BCUT2D eigenvalue weighted by Gasteiger charge is 2.32. The van der Waals surface area contributed by atoms with E-state index in [4.69, 9.17) is 14.2 Å². The largest absolute Gasteiger partial charge is 0.496 e. The van der Waals surface area contributed by atoms with E-state index in [1.165, 1.54) is 0 Å². The van der Waals surface area contributed by atoms with Gasteiger partial charge in [-0.15, -0.1) is 0 Å². The number of benzene rings is 2. The van der Waals surface area contributed by atoms with Gasteiger partial charge in [0, 0.05) is 36.5 Å². The third-order valence-corrected chi connectivity index (χ3v) is 6.34. The molecule has 0 aliphatic carbocycles. The van der Waals surface area contributed by atoms with Crippen LogP contribution in [0.4, 0.5) is 10.5 Å². The lowest BCUT2D eigenvalue weighted by Gasteiger charge is -2.40. The molecule has 34 heavy (non-hydrogen) atoms. The topological polar surface area (TPSA) is 71.5 Å². The van der Waals surface area contributed by atoms with Gasteiger partial charge in [-0.25, -0.2) is 4.79 Å². The van der Waals surface area contributed by atoms with E-state index in [9.17, 15) is 9.90 Å². The lowest BCUT2D eigenvalue weighted by molar-refractivity contribution is 0.165. The number of ether oxygens (including phenoxy) is 3. The van der Waals surface area contributed by atoms with Crippen molar-refractivity contribution in [2.24, 2.45) is 0 Å². The van der Waals surface area contributed by atoms with Gasteiger partial charge in [0.25, 0.3) is 0 Å². The van der Waals surface area contributed by atoms with Crippen LogP contribution in [-0.4, -0.2) is 56.1 Å². The summed E-state index contributed by atoms with van der Waals surface area (Å²) >= 11 is 0. The van der Waals surface area contributed by atoms with Gasteiger partial charge in [-0.05, 0) is 49.9 Å². The molecule has 7 nitrogen and oxygen atoms in total. The predicted molar refractivity (Wildman–Crippen MR) is 134 cm³/mol. The Morgan fingerprint density at radius 1 is 1.03 bits per heavy atom. The number of rotatable bonds is 12. The molecule has 1 N–H and O–H groups in total. The molecule has 7 heteroatoms. The number of nitrogens with zero attached hydrogens (tertiary/aromatic N) is 2. The number of aliphatic hydroxyl groups excluding tert-OH is 1. The second-order valence-electron chi connectivity index (χ2n) is 8.71. The average Bonchev–Trinajstić information content (AvgIpc) is 2.85. The molecule has 1 saturated heterocycles. The van der Waals surface area contributed by atoms with Crippen LogP contribution in [0.25, 0.3) is 0 Å². The van der Waals surface area contributed by atoms with E-state index in [-0.39, 0.29) is 18.7 Å². The maximum atomic E-state index is 13.6. The number of carbonyl (C=O) groups excluding carboxylic acids is 1. The Balaban J connectivity index is 1.80. The van der Waals surface area contributed by atoms with Crippen molar-refractivity contribution in [1.82, 2.24) is 4.90 Å². The minimum absolute atomic E-state index is 0.0395. The number of hydrogen-bond acceptors (Lipinski definition) is 5. The van der Waals surface area contributed by atoms with Crippen LogP contribution in [0.1, 0.15) is 50.7 Å². The van der Waals surface area contributed by atoms with Crippen molar-refractivity contribution in [3.05, 3.63) is 47.5 Å². The number of unbranched alkanes of at least 4 members (excludes halogenated alkanes) is 2. The summed E-state index contributed by atoms with van der Waals surface area (Å²) in [6, 6.07) is 11.7. The fraction of sp³-hybridized carbons (Fsp3) is 0.519. The van der Waals surface area contributed by atoms with Crippen molar-refractivity contribution in [2.75, 3.05) is 38.9 Å². The molecule has 0 radical (unpaired) electrons. The first kappa shape index (κ1) is 25.7. The van der Waals surface area contributed by atoms with E-state index in [1.807, 2.05) is 46.2 Å². The number of amides is 2. The Morgan fingerprint density at radius 2 is 1.82 bits per heavy atom. The van der Waals surface area contributed by atoms with Gasteiger partial charge in [0.05, 0.1) is 27.4 Å². The summed E-state index contributed by atoms with van der Waals surface area (Å²) in [4.78, 5) is 17.3. The Bertz CT molecular complexity index is 949. The fourth-order valence-corrected chi connectivity index (χ4v) is 4.24. The maximum absolute atomic E-state index is 13.6. The molecule has 3 rings (SSSR count). The quantitative estimate of drug-likeness (QED) is 0.441. The van der Waals surface area contributed by atoms with Crippen molar-refractivity contribution in [3.63, 3.8) is 0 Å². The summed E-state index contributed by atoms with van der Waals surface area (Å²) in [5.41, 5.74) is 2.76. The van der Waals surface area contributed by atoms with Gasteiger partial charge in [0.15, 0.2) is 11.5 Å². The highest BCUT2D eigenvalue weighted by atomic mass is 16.5. The normalized spacial score (nSPS) is 16.0. The van der Waals surface area contributed by atoms with Gasteiger partial charge in [-0.1, -0.05) is 31.9 Å². The van der Waals surface area contributed by atoms with Crippen LogP contribution in [-0.2, 0) is 13.0 Å². The van der Waals surface area contributed by atoms with Gasteiger partial charge >= 0.3 is 6.03 Å². The molecule has 0 spiro atoms. The number of hydrogen-bond donors (Lipinski definition) is 1. The van der Waals surface area contributed by atoms with Crippen molar-refractivity contribution >= 4 is 11.7 Å². The first-order valence-electron chi connectivity index (χ1n) is 12.2. The third kappa shape index (κ3) is 6.14. The monoisotopic (exact) mass is 470 g/mol. The molecule has 0 unspecified atom stereocenters. The molecule has 0 aromatic heterocycles. The summed E-state index contributed by atoms with van der Waals surface area (Å²) in [7, 11) is 3.26. The fourth-order valence-electron chi connectivity index (χ4n) is 4.24. The van der Waals surface area contributed by atoms with Gasteiger partial charge in [0.1, 0.15) is 5.75 Å². The minimum atomic E-state index is -0.0395. The maximum Gasteiger partial charge on any atom is 0.325 e.